The molecule has 100 valence electrons. The first-order valence-corrected chi connectivity index (χ1v) is 7.05. The van der Waals surface area contributed by atoms with Crippen molar-refractivity contribution in [2.45, 2.75) is 18.6 Å². The molecule has 0 aromatic heterocycles. The van der Waals surface area contributed by atoms with E-state index in [4.69, 9.17) is 22.4 Å². The van der Waals surface area contributed by atoms with Crippen LogP contribution in [0.2, 0.25) is 5.02 Å². The first-order valence-electron chi connectivity index (χ1n) is 5.63. The molecule has 4 N–H and O–H groups in total. The number of halogens is 1. The van der Waals surface area contributed by atoms with Crippen molar-refractivity contribution in [1.82, 2.24) is 0 Å². The fraction of sp³-hybridized carbons (Fsp3) is 0.417. The Morgan fingerprint density at radius 3 is 2.94 bits per heavy atom. The minimum atomic E-state index is -0.188. The van der Waals surface area contributed by atoms with Crippen LogP contribution >= 0.6 is 23.4 Å². The summed E-state index contributed by atoms with van der Waals surface area (Å²) in [5.41, 5.74) is 6.77. The number of amides is 1. The number of aliphatic hydroxyl groups is 1. The van der Waals surface area contributed by atoms with E-state index in [0.717, 1.165) is 5.75 Å². The second-order valence-corrected chi connectivity index (χ2v) is 5.70. The summed E-state index contributed by atoms with van der Waals surface area (Å²) in [6.07, 6.45) is 0.686. The Morgan fingerprint density at radius 2 is 2.33 bits per heavy atom. The summed E-state index contributed by atoms with van der Waals surface area (Å²) in [5, 5.41) is 11.8. The lowest BCUT2D eigenvalue weighted by atomic mass is 10.2. The number of thioether (sulfide) groups is 1. The molecule has 0 radical (unpaired) electrons. The van der Waals surface area contributed by atoms with Crippen LogP contribution in [0.1, 0.15) is 13.3 Å². The molecule has 4 nitrogen and oxygen atoms in total. The molecule has 0 heterocycles. The molecule has 0 aliphatic rings. The molecule has 1 rings (SSSR count). The van der Waals surface area contributed by atoms with E-state index in [9.17, 15) is 4.79 Å². The molecule has 0 spiro atoms. The molecule has 6 heteroatoms. The molecule has 1 aromatic rings. The molecular weight excluding hydrogens is 272 g/mol. The van der Waals surface area contributed by atoms with E-state index in [1.54, 1.807) is 18.2 Å². The number of rotatable bonds is 6. The summed E-state index contributed by atoms with van der Waals surface area (Å²) in [5.74, 6) is 0.647. The monoisotopic (exact) mass is 288 g/mol. The standard InChI is InChI=1S/C12H17ClN2O2S/c1-8(18-6-2-5-16)12(17)15-11-4-3-9(13)7-10(11)14/h3-4,7-8,16H,2,5-6,14H2,1H3,(H,15,17). The van der Waals surface area contributed by atoms with E-state index in [-0.39, 0.29) is 17.8 Å². The maximum Gasteiger partial charge on any atom is 0.237 e. The van der Waals surface area contributed by atoms with Crippen LogP contribution < -0.4 is 11.1 Å². The third-order valence-electron chi connectivity index (χ3n) is 2.31. The van der Waals surface area contributed by atoms with Gasteiger partial charge in [0.1, 0.15) is 0 Å². The van der Waals surface area contributed by atoms with Crippen molar-refractivity contribution in [2.75, 3.05) is 23.4 Å². The van der Waals surface area contributed by atoms with Gasteiger partial charge in [-0.2, -0.15) is 0 Å². The smallest absolute Gasteiger partial charge is 0.237 e. The van der Waals surface area contributed by atoms with E-state index in [2.05, 4.69) is 5.32 Å². The van der Waals surface area contributed by atoms with Gasteiger partial charge < -0.3 is 16.2 Å². The van der Waals surface area contributed by atoms with E-state index in [0.29, 0.717) is 22.8 Å². The summed E-state index contributed by atoms with van der Waals surface area (Å²) < 4.78 is 0. The van der Waals surface area contributed by atoms with Gasteiger partial charge in [-0.15, -0.1) is 11.8 Å². The Bertz CT molecular complexity index is 415. The first kappa shape index (κ1) is 15.1. The van der Waals surface area contributed by atoms with Crippen LogP contribution in [-0.4, -0.2) is 28.6 Å². The second kappa shape index (κ2) is 7.51. The molecule has 1 unspecified atom stereocenters. The van der Waals surface area contributed by atoms with Gasteiger partial charge >= 0.3 is 0 Å². The SMILES string of the molecule is CC(SCCCO)C(=O)Nc1ccc(Cl)cc1N. The highest BCUT2D eigenvalue weighted by Crippen LogP contribution is 2.23. The Balaban J connectivity index is 2.53. The number of benzene rings is 1. The normalized spacial score (nSPS) is 12.2. The number of nitrogens with one attached hydrogen (secondary N) is 1. The van der Waals surface area contributed by atoms with Crippen LogP contribution in [0, 0.1) is 0 Å². The lowest BCUT2D eigenvalue weighted by Crippen LogP contribution is -2.23. The van der Waals surface area contributed by atoms with Crippen molar-refractivity contribution in [3.8, 4) is 0 Å². The van der Waals surface area contributed by atoms with Crippen molar-refractivity contribution in [3.63, 3.8) is 0 Å². The van der Waals surface area contributed by atoms with Gasteiger partial charge in [-0.25, -0.2) is 0 Å². The summed E-state index contributed by atoms with van der Waals surface area (Å²) >= 11 is 7.28. The number of aliphatic hydroxyl groups excluding tert-OH is 1. The summed E-state index contributed by atoms with van der Waals surface area (Å²) in [7, 11) is 0. The molecule has 0 aliphatic carbocycles. The Morgan fingerprint density at radius 1 is 1.61 bits per heavy atom. The highest BCUT2D eigenvalue weighted by molar-refractivity contribution is 8.00. The third kappa shape index (κ3) is 4.76. The second-order valence-electron chi connectivity index (χ2n) is 3.81. The molecular formula is C12H17ClN2O2S. The van der Waals surface area contributed by atoms with Crippen molar-refractivity contribution in [2.24, 2.45) is 0 Å². The molecule has 0 saturated heterocycles. The van der Waals surface area contributed by atoms with Crippen molar-refractivity contribution in [1.29, 1.82) is 0 Å². The minimum absolute atomic E-state index is 0.105. The molecule has 1 atom stereocenters. The minimum Gasteiger partial charge on any atom is -0.397 e. The molecule has 1 aromatic carbocycles. The maximum absolute atomic E-state index is 11.9. The van der Waals surface area contributed by atoms with Crippen LogP contribution in [0.25, 0.3) is 0 Å². The first-order chi connectivity index (χ1) is 8.54. The van der Waals surface area contributed by atoms with E-state index in [1.807, 2.05) is 6.92 Å². The topological polar surface area (TPSA) is 75.3 Å². The Labute approximate surface area is 116 Å². The number of anilines is 2. The molecule has 0 aliphatic heterocycles. The predicted molar refractivity (Wildman–Crippen MR) is 78.1 cm³/mol. The molecule has 0 bridgehead atoms. The molecule has 1 amide bonds. The zero-order valence-corrected chi connectivity index (χ0v) is 11.7. The number of carbonyl (C=O) groups excluding carboxylic acids is 1. The largest absolute Gasteiger partial charge is 0.397 e. The van der Waals surface area contributed by atoms with Gasteiger partial charge in [-0.1, -0.05) is 11.6 Å². The quantitative estimate of drug-likeness (QED) is 0.555. The van der Waals surface area contributed by atoms with Crippen LogP contribution in [0.5, 0.6) is 0 Å². The summed E-state index contributed by atoms with van der Waals surface area (Å²) in [6.45, 7) is 1.97. The predicted octanol–water partition coefficient (Wildman–Crippen LogP) is 2.36. The fourth-order valence-electron chi connectivity index (χ4n) is 1.28. The van der Waals surface area contributed by atoms with E-state index >= 15 is 0 Å². The third-order valence-corrected chi connectivity index (χ3v) is 3.78. The number of nitrogens with two attached hydrogens (primary N) is 1. The summed E-state index contributed by atoms with van der Waals surface area (Å²) in [6, 6.07) is 4.96. The number of nitrogen functional groups attached to an aromatic ring is 1. The van der Waals surface area contributed by atoms with Crippen molar-refractivity contribution >= 4 is 40.6 Å². The number of hydrogen-bond acceptors (Lipinski definition) is 4. The highest BCUT2D eigenvalue weighted by atomic mass is 35.5. The van der Waals surface area contributed by atoms with Crippen LogP contribution in [-0.2, 0) is 4.79 Å². The van der Waals surface area contributed by atoms with Crippen LogP contribution in [0.4, 0.5) is 11.4 Å². The van der Waals surface area contributed by atoms with Gasteiger partial charge in [0.2, 0.25) is 5.91 Å². The maximum atomic E-state index is 11.9. The Hall–Kier alpha value is -0.910. The number of hydrogen-bond donors (Lipinski definition) is 3. The van der Waals surface area contributed by atoms with Gasteiger partial charge in [0.25, 0.3) is 0 Å². The zero-order valence-electron chi connectivity index (χ0n) is 10.1. The van der Waals surface area contributed by atoms with Crippen molar-refractivity contribution in [3.05, 3.63) is 23.2 Å². The Kier molecular flexibility index (Phi) is 6.32. The highest BCUT2D eigenvalue weighted by Gasteiger charge is 2.14. The number of carbonyl (C=O) groups is 1. The van der Waals surface area contributed by atoms with Gasteiger partial charge in [0.15, 0.2) is 0 Å². The van der Waals surface area contributed by atoms with Crippen molar-refractivity contribution < 1.29 is 9.90 Å². The molecule has 18 heavy (non-hydrogen) atoms. The van der Waals surface area contributed by atoms with Gasteiger partial charge in [0.05, 0.1) is 16.6 Å². The average Bonchev–Trinajstić information content (AvgIpc) is 2.32. The van der Waals surface area contributed by atoms with Gasteiger partial charge in [-0.05, 0) is 37.3 Å². The van der Waals surface area contributed by atoms with Gasteiger partial charge in [-0.3, -0.25) is 4.79 Å². The lowest BCUT2D eigenvalue weighted by Gasteiger charge is -2.13. The van der Waals surface area contributed by atoms with E-state index < -0.39 is 0 Å². The van der Waals surface area contributed by atoms with Gasteiger partial charge in [0, 0.05) is 11.6 Å². The lowest BCUT2D eigenvalue weighted by molar-refractivity contribution is -0.115. The fourth-order valence-corrected chi connectivity index (χ4v) is 2.32. The average molecular weight is 289 g/mol. The van der Waals surface area contributed by atoms with Crippen LogP contribution in [0.3, 0.4) is 0 Å². The van der Waals surface area contributed by atoms with Crippen LogP contribution in [0.15, 0.2) is 18.2 Å². The van der Waals surface area contributed by atoms with E-state index in [1.165, 1.54) is 11.8 Å². The summed E-state index contributed by atoms with van der Waals surface area (Å²) in [4.78, 5) is 11.9. The zero-order chi connectivity index (χ0) is 13.5. The molecule has 0 saturated carbocycles. The molecule has 0 fully saturated rings.